The lowest BCUT2D eigenvalue weighted by Crippen LogP contribution is -2.38. The second-order valence-corrected chi connectivity index (χ2v) is 7.53. The Balaban J connectivity index is 1.63. The number of benzene rings is 1. The summed E-state index contributed by atoms with van der Waals surface area (Å²) in [6.07, 6.45) is 4.69. The van der Waals surface area contributed by atoms with Crippen molar-refractivity contribution in [2.24, 2.45) is 4.99 Å². The first-order chi connectivity index (χ1) is 12.6. The van der Waals surface area contributed by atoms with E-state index in [2.05, 4.69) is 10.3 Å². The second-order valence-electron chi connectivity index (χ2n) is 6.36. The highest BCUT2D eigenvalue weighted by Crippen LogP contribution is 2.27. The quantitative estimate of drug-likeness (QED) is 0.662. The molecule has 0 saturated carbocycles. The number of aromatic nitrogens is 1. The minimum atomic E-state index is -0.331. The summed E-state index contributed by atoms with van der Waals surface area (Å²) in [5, 5.41) is 13.2. The van der Waals surface area contributed by atoms with E-state index in [0.717, 1.165) is 17.8 Å². The van der Waals surface area contributed by atoms with Gasteiger partial charge in [0.25, 0.3) is 0 Å². The first-order valence-corrected chi connectivity index (χ1v) is 9.50. The van der Waals surface area contributed by atoms with E-state index < -0.39 is 0 Å². The molecule has 1 heterocycles. The normalized spacial score (nSPS) is 13.8. The van der Waals surface area contributed by atoms with Crippen LogP contribution >= 0.6 is 11.3 Å². The number of nitriles is 1. The van der Waals surface area contributed by atoms with Gasteiger partial charge >= 0.3 is 0 Å². The smallest absolute Gasteiger partial charge is 0.194 e. The molecular formula is C19H22FN5S. The van der Waals surface area contributed by atoms with E-state index in [4.69, 9.17) is 10.2 Å². The van der Waals surface area contributed by atoms with Crippen LogP contribution in [0.15, 0.2) is 23.2 Å². The number of hydrogen-bond acceptors (Lipinski definition) is 4. The zero-order chi connectivity index (χ0) is 18.5. The highest BCUT2D eigenvalue weighted by Gasteiger charge is 2.17. The molecule has 3 rings (SSSR count). The molecule has 0 unspecified atom stereocenters. The maximum Gasteiger partial charge on any atom is 0.194 e. The van der Waals surface area contributed by atoms with Gasteiger partial charge in [0.05, 0.1) is 23.9 Å². The lowest BCUT2D eigenvalue weighted by molar-refractivity contribution is 0.473. The van der Waals surface area contributed by atoms with Gasteiger partial charge < -0.3 is 10.2 Å². The molecule has 0 bridgehead atoms. The molecule has 1 aromatic carbocycles. The van der Waals surface area contributed by atoms with Crippen molar-refractivity contribution in [3.8, 4) is 6.07 Å². The van der Waals surface area contributed by atoms with Crippen molar-refractivity contribution in [2.45, 2.75) is 38.8 Å². The van der Waals surface area contributed by atoms with Crippen molar-refractivity contribution < 1.29 is 4.39 Å². The molecular weight excluding hydrogens is 349 g/mol. The summed E-state index contributed by atoms with van der Waals surface area (Å²) < 4.78 is 13.9. The fourth-order valence-electron chi connectivity index (χ4n) is 3.09. The van der Waals surface area contributed by atoms with Crippen molar-refractivity contribution in [1.29, 1.82) is 5.26 Å². The van der Waals surface area contributed by atoms with Gasteiger partial charge in [-0.25, -0.2) is 9.37 Å². The van der Waals surface area contributed by atoms with Gasteiger partial charge in [-0.05, 0) is 43.9 Å². The summed E-state index contributed by atoms with van der Waals surface area (Å²) in [5.74, 6) is 0.335. The molecule has 0 amide bonds. The van der Waals surface area contributed by atoms with Crippen LogP contribution in [0.4, 0.5) is 4.39 Å². The Kier molecular flexibility index (Phi) is 5.84. The van der Waals surface area contributed by atoms with Gasteiger partial charge in [-0.3, -0.25) is 4.99 Å². The summed E-state index contributed by atoms with van der Waals surface area (Å²) >= 11 is 1.78. The Morgan fingerprint density at radius 2 is 2.23 bits per heavy atom. The van der Waals surface area contributed by atoms with Gasteiger partial charge in [0, 0.05) is 31.1 Å². The van der Waals surface area contributed by atoms with Crippen LogP contribution in [0.1, 0.15) is 39.5 Å². The number of guanidine groups is 1. The number of thiazole rings is 1. The summed E-state index contributed by atoms with van der Waals surface area (Å²) in [4.78, 5) is 12.4. The summed E-state index contributed by atoms with van der Waals surface area (Å²) in [5.41, 5.74) is 2.14. The number of rotatable bonds is 4. The van der Waals surface area contributed by atoms with Gasteiger partial charge in [0.1, 0.15) is 10.8 Å². The van der Waals surface area contributed by atoms with Gasteiger partial charge in [-0.2, -0.15) is 5.26 Å². The van der Waals surface area contributed by atoms with E-state index in [1.807, 2.05) is 18.0 Å². The molecule has 5 nitrogen and oxygen atoms in total. The van der Waals surface area contributed by atoms with E-state index in [-0.39, 0.29) is 12.4 Å². The van der Waals surface area contributed by atoms with Crippen molar-refractivity contribution in [2.75, 3.05) is 14.1 Å². The molecule has 1 aromatic heterocycles. The molecule has 2 aromatic rings. The molecule has 7 heteroatoms. The van der Waals surface area contributed by atoms with E-state index in [0.29, 0.717) is 23.6 Å². The number of nitrogens with zero attached hydrogens (tertiary/aromatic N) is 4. The Bertz CT molecular complexity index is 829. The van der Waals surface area contributed by atoms with Crippen molar-refractivity contribution in [3.05, 3.63) is 50.7 Å². The monoisotopic (exact) mass is 371 g/mol. The zero-order valence-corrected chi connectivity index (χ0v) is 15.9. The van der Waals surface area contributed by atoms with Crippen LogP contribution in [0.5, 0.6) is 0 Å². The van der Waals surface area contributed by atoms with Gasteiger partial charge in [0.15, 0.2) is 5.96 Å². The summed E-state index contributed by atoms with van der Waals surface area (Å²) in [7, 11) is 3.64. The molecule has 0 aliphatic heterocycles. The van der Waals surface area contributed by atoms with Crippen LogP contribution < -0.4 is 5.32 Å². The SMILES string of the molecule is CN=C(NCc1cc(C#N)ccc1F)N(C)Cc1nc2c(s1)CCCC2. The molecule has 0 radical (unpaired) electrons. The molecule has 1 N–H and O–H groups in total. The third-order valence-electron chi connectivity index (χ3n) is 4.45. The first-order valence-electron chi connectivity index (χ1n) is 8.68. The fourth-order valence-corrected chi connectivity index (χ4v) is 4.30. The van der Waals surface area contributed by atoms with Crippen LogP contribution in [0.2, 0.25) is 0 Å². The van der Waals surface area contributed by atoms with Crippen LogP contribution in [0.3, 0.4) is 0 Å². The lowest BCUT2D eigenvalue weighted by Gasteiger charge is -2.21. The van der Waals surface area contributed by atoms with Crippen molar-refractivity contribution >= 4 is 17.3 Å². The predicted octanol–water partition coefficient (Wildman–Crippen LogP) is 3.24. The van der Waals surface area contributed by atoms with Gasteiger partial charge in [0.2, 0.25) is 0 Å². The number of aliphatic imine (C=N–C) groups is 1. The maximum absolute atomic E-state index is 13.9. The van der Waals surface area contributed by atoms with Crippen LogP contribution in [-0.4, -0.2) is 29.9 Å². The lowest BCUT2D eigenvalue weighted by atomic mass is 10.0. The molecule has 26 heavy (non-hydrogen) atoms. The molecule has 0 fully saturated rings. The van der Waals surface area contributed by atoms with Crippen LogP contribution in [-0.2, 0) is 25.9 Å². The number of fused-ring (bicyclic) bond motifs is 1. The Morgan fingerprint density at radius 1 is 1.42 bits per heavy atom. The highest BCUT2D eigenvalue weighted by atomic mass is 32.1. The number of hydrogen-bond donors (Lipinski definition) is 1. The number of nitrogens with one attached hydrogen (secondary N) is 1. The van der Waals surface area contributed by atoms with E-state index in [1.165, 1.54) is 35.5 Å². The van der Waals surface area contributed by atoms with Gasteiger partial charge in [-0.15, -0.1) is 11.3 Å². The zero-order valence-electron chi connectivity index (χ0n) is 15.0. The molecule has 0 atom stereocenters. The van der Waals surface area contributed by atoms with Gasteiger partial charge in [-0.1, -0.05) is 0 Å². The average molecular weight is 371 g/mol. The maximum atomic E-state index is 13.9. The van der Waals surface area contributed by atoms with Crippen molar-refractivity contribution in [3.63, 3.8) is 0 Å². The van der Waals surface area contributed by atoms with E-state index in [9.17, 15) is 4.39 Å². The van der Waals surface area contributed by atoms with E-state index >= 15 is 0 Å². The Labute approximate surface area is 157 Å². The standard InChI is InChI=1S/C19H22FN5S/c1-22-19(23-11-14-9-13(10-21)7-8-15(14)20)25(2)12-18-24-16-5-3-4-6-17(16)26-18/h7-9H,3-6,11-12H2,1-2H3,(H,22,23). The highest BCUT2D eigenvalue weighted by molar-refractivity contribution is 7.11. The summed E-state index contributed by atoms with van der Waals surface area (Å²) in [6, 6.07) is 6.39. The topological polar surface area (TPSA) is 64.3 Å². The molecule has 0 saturated heterocycles. The Morgan fingerprint density at radius 3 is 2.96 bits per heavy atom. The second kappa shape index (κ2) is 8.28. The minimum absolute atomic E-state index is 0.271. The van der Waals surface area contributed by atoms with E-state index in [1.54, 1.807) is 24.5 Å². The molecule has 136 valence electrons. The molecule has 0 spiro atoms. The van der Waals surface area contributed by atoms with Crippen molar-refractivity contribution in [1.82, 2.24) is 15.2 Å². The van der Waals surface area contributed by atoms with Crippen LogP contribution in [0, 0.1) is 17.1 Å². The third-order valence-corrected chi connectivity index (χ3v) is 5.59. The fraction of sp³-hybridized carbons (Fsp3) is 0.421. The van der Waals surface area contributed by atoms with Crippen LogP contribution in [0.25, 0.3) is 0 Å². The summed E-state index contributed by atoms with van der Waals surface area (Å²) in [6.45, 7) is 0.935. The Hall–Kier alpha value is -2.46. The predicted molar refractivity (Wildman–Crippen MR) is 102 cm³/mol. The molecule has 1 aliphatic carbocycles. The number of aryl methyl sites for hydroxylation is 2. The third kappa shape index (κ3) is 4.20. The number of halogens is 1. The molecule has 1 aliphatic rings. The largest absolute Gasteiger partial charge is 0.352 e. The minimum Gasteiger partial charge on any atom is -0.352 e. The average Bonchev–Trinajstić information content (AvgIpc) is 3.05. The first kappa shape index (κ1) is 18.3.